The standard InChI is InChI=1S/C19H24N2O6S/c1-26-17(22)15-4-3-14(28(24,25)27-18(23)21-9-2-10-21)13-16(15)20-11-7-19(5-6-19)8-12-20/h3-4,13H,2,5-12H2,1H3. The second kappa shape index (κ2) is 6.95. The lowest BCUT2D eigenvalue weighted by atomic mass is 9.93. The van der Waals surface area contributed by atoms with E-state index >= 15 is 0 Å². The van der Waals surface area contributed by atoms with Gasteiger partial charge in [0, 0.05) is 26.2 Å². The number of piperidine rings is 1. The molecule has 2 heterocycles. The maximum absolute atomic E-state index is 12.6. The van der Waals surface area contributed by atoms with Gasteiger partial charge in [-0.2, -0.15) is 8.42 Å². The third-order valence-electron chi connectivity index (χ3n) is 6.08. The number of ether oxygens (including phenoxy) is 1. The number of amides is 1. The summed E-state index contributed by atoms with van der Waals surface area (Å²) in [4.78, 5) is 27.4. The Hall–Kier alpha value is -2.29. The van der Waals surface area contributed by atoms with E-state index in [1.54, 1.807) is 0 Å². The van der Waals surface area contributed by atoms with E-state index in [4.69, 9.17) is 8.92 Å². The van der Waals surface area contributed by atoms with Crippen LogP contribution < -0.4 is 4.90 Å². The summed E-state index contributed by atoms with van der Waals surface area (Å²) in [6.45, 7) is 2.49. The number of benzene rings is 1. The van der Waals surface area contributed by atoms with Crippen molar-refractivity contribution in [1.29, 1.82) is 0 Å². The highest BCUT2D eigenvalue weighted by molar-refractivity contribution is 7.87. The zero-order valence-corrected chi connectivity index (χ0v) is 16.7. The Morgan fingerprint density at radius 1 is 1.04 bits per heavy atom. The quantitative estimate of drug-likeness (QED) is 0.558. The number of anilines is 1. The fourth-order valence-electron chi connectivity index (χ4n) is 3.80. The molecule has 0 N–H and O–H groups in total. The first kappa shape index (κ1) is 19.0. The van der Waals surface area contributed by atoms with Crippen LogP contribution in [0.4, 0.5) is 10.5 Å². The number of esters is 1. The van der Waals surface area contributed by atoms with Gasteiger partial charge < -0.3 is 18.7 Å². The van der Waals surface area contributed by atoms with E-state index in [-0.39, 0.29) is 4.90 Å². The van der Waals surface area contributed by atoms with Gasteiger partial charge in [0.1, 0.15) is 4.90 Å². The van der Waals surface area contributed by atoms with E-state index in [2.05, 4.69) is 0 Å². The highest BCUT2D eigenvalue weighted by Crippen LogP contribution is 2.54. The van der Waals surface area contributed by atoms with Gasteiger partial charge in [0.05, 0.1) is 18.4 Å². The average Bonchev–Trinajstić information content (AvgIpc) is 3.38. The molecule has 4 rings (SSSR count). The molecule has 28 heavy (non-hydrogen) atoms. The van der Waals surface area contributed by atoms with Crippen LogP contribution in [0.15, 0.2) is 23.1 Å². The monoisotopic (exact) mass is 408 g/mol. The summed E-state index contributed by atoms with van der Waals surface area (Å²) in [6.07, 6.45) is 4.50. The number of carbonyl (C=O) groups is 2. The maximum Gasteiger partial charge on any atom is 0.425 e. The highest BCUT2D eigenvalue weighted by atomic mass is 32.2. The zero-order chi connectivity index (χ0) is 19.9. The molecule has 0 radical (unpaired) electrons. The van der Waals surface area contributed by atoms with Crippen LogP contribution in [0.25, 0.3) is 0 Å². The minimum Gasteiger partial charge on any atom is -0.465 e. The van der Waals surface area contributed by atoms with Gasteiger partial charge >= 0.3 is 22.2 Å². The van der Waals surface area contributed by atoms with Gasteiger partial charge in [0.2, 0.25) is 0 Å². The first-order valence-electron chi connectivity index (χ1n) is 9.54. The van der Waals surface area contributed by atoms with Crippen molar-refractivity contribution in [3.63, 3.8) is 0 Å². The van der Waals surface area contributed by atoms with Crippen molar-refractivity contribution in [1.82, 2.24) is 4.90 Å². The molecule has 1 spiro atoms. The Balaban J connectivity index is 1.61. The van der Waals surface area contributed by atoms with Gasteiger partial charge in [-0.25, -0.2) is 9.59 Å². The van der Waals surface area contributed by atoms with Crippen molar-refractivity contribution >= 4 is 27.9 Å². The van der Waals surface area contributed by atoms with Crippen LogP contribution in [0, 0.1) is 5.41 Å². The highest BCUT2D eigenvalue weighted by Gasteiger charge is 2.44. The molecule has 0 aromatic heterocycles. The van der Waals surface area contributed by atoms with Crippen molar-refractivity contribution in [2.45, 2.75) is 37.0 Å². The lowest BCUT2D eigenvalue weighted by Crippen LogP contribution is -2.43. The number of likely N-dealkylation sites (tertiary alicyclic amines) is 1. The Morgan fingerprint density at radius 2 is 1.71 bits per heavy atom. The van der Waals surface area contributed by atoms with Crippen LogP contribution >= 0.6 is 0 Å². The minimum absolute atomic E-state index is 0.143. The molecule has 1 amide bonds. The number of hydrogen-bond acceptors (Lipinski definition) is 7. The van der Waals surface area contributed by atoms with E-state index < -0.39 is 22.2 Å². The molecular weight excluding hydrogens is 384 g/mol. The van der Waals surface area contributed by atoms with Crippen LogP contribution in [-0.4, -0.2) is 58.7 Å². The van der Waals surface area contributed by atoms with E-state index in [0.717, 1.165) is 32.4 Å². The molecule has 8 nitrogen and oxygen atoms in total. The maximum atomic E-state index is 12.6. The molecule has 1 aliphatic carbocycles. The molecule has 3 aliphatic rings. The number of methoxy groups -OCH3 is 1. The fourth-order valence-corrected chi connectivity index (χ4v) is 4.68. The number of nitrogens with zero attached hydrogens (tertiary/aromatic N) is 2. The molecule has 2 saturated heterocycles. The molecule has 2 aliphatic heterocycles. The molecule has 0 unspecified atom stereocenters. The minimum atomic E-state index is -4.27. The predicted molar refractivity (Wildman–Crippen MR) is 101 cm³/mol. The van der Waals surface area contributed by atoms with Crippen molar-refractivity contribution in [3.8, 4) is 0 Å². The third-order valence-corrected chi connectivity index (χ3v) is 7.27. The molecule has 0 atom stereocenters. The summed E-state index contributed by atoms with van der Waals surface area (Å²) in [6, 6.07) is 4.11. The van der Waals surface area contributed by atoms with Gasteiger partial charge in [-0.1, -0.05) is 0 Å². The Bertz CT molecular complexity index is 895. The van der Waals surface area contributed by atoms with Crippen LogP contribution in [0.2, 0.25) is 0 Å². The van der Waals surface area contributed by atoms with Gasteiger partial charge in [-0.3, -0.25) is 0 Å². The Labute approximate surface area is 164 Å². The van der Waals surface area contributed by atoms with Crippen LogP contribution in [0.5, 0.6) is 0 Å². The largest absolute Gasteiger partial charge is 0.465 e. The van der Waals surface area contributed by atoms with E-state index in [1.165, 1.54) is 43.1 Å². The van der Waals surface area contributed by atoms with E-state index in [1.807, 2.05) is 4.90 Å². The van der Waals surface area contributed by atoms with E-state index in [9.17, 15) is 18.0 Å². The average molecular weight is 408 g/mol. The molecule has 152 valence electrons. The second-order valence-electron chi connectivity index (χ2n) is 7.80. The van der Waals surface area contributed by atoms with Crippen LogP contribution in [-0.2, 0) is 19.0 Å². The Morgan fingerprint density at radius 3 is 2.25 bits per heavy atom. The van der Waals surface area contributed by atoms with Crippen LogP contribution in [0.3, 0.4) is 0 Å². The predicted octanol–water partition coefficient (Wildman–Crippen LogP) is 2.38. The van der Waals surface area contributed by atoms with Gasteiger partial charge in [-0.15, -0.1) is 0 Å². The summed E-state index contributed by atoms with van der Waals surface area (Å²) in [7, 11) is -2.98. The van der Waals surface area contributed by atoms with E-state index in [0.29, 0.717) is 29.8 Å². The van der Waals surface area contributed by atoms with Crippen molar-refractivity contribution in [2.24, 2.45) is 5.41 Å². The topological polar surface area (TPSA) is 93.2 Å². The molecule has 9 heteroatoms. The van der Waals surface area contributed by atoms with Crippen molar-refractivity contribution in [3.05, 3.63) is 23.8 Å². The molecule has 1 aromatic carbocycles. The van der Waals surface area contributed by atoms with Crippen molar-refractivity contribution in [2.75, 3.05) is 38.2 Å². The summed E-state index contributed by atoms with van der Waals surface area (Å²) in [5.74, 6) is -0.525. The molecule has 1 saturated carbocycles. The summed E-state index contributed by atoms with van der Waals surface area (Å²) in [5, 5.41) is 0. The van der Waals surface area contributed by atoms with Gasteiger partial charge in [-0.05, 0) is 55.7 Å². The lowest BCUT2D eigenvalue weighted by Gasteiger charge is -2.35. The van der Waals surface area contributed by atoms with Gasteiger partial charge in [0.25, 0.3) is 0 Å². The smallest absolute Gasteiger partial charge is 0.425 e. The number of rotatable bonds is 4. The zero-order valence-electron chi connectivity index (χ0n) is 15.8. The second-order valence-corrected chi connectivity index (χ2v) is 9.35. The summed E-state index contributed by atoms with van der Waals surface area (Å²) < 4.78 is 34.8. The number of carbonyl (C=O) groups excluding carboxylic acids is 2. The first-order valence-corrected chi connectivity index (χ1v) is 11.0. The van der Waals surface area contributed by atoms with Crippen molar-refractivity contribution < 1.29 is 26.9 Å². The van der Waals surface area contributed by atoms with Crippen LogP contribution in [0.1, 0.15) is 42.5 Å². The SMILES string of the molecule is COC(=O)c1ccc(S(=O)(=O)OC(=O)N2CCC2)cc1N1CCC2(CC1)CC2. The molecular formula is C19H24N2O6S. The lowest BCUT2D eigenvalue weighted by molar-refractivity contribution is 0.0601. The number of hydrogen-bond donors (Lipinski definition) is 0. The first-order chi connectivity index (χ1) is 13.3. The summed E-state index contributed by atoms with van der Waals surface area (Å²) >= 11 is 0. The van der Waals surface area contributed by atoms with Gasteiger partial charge in [0.15, 0.2) is 0 Å². The summed E-state index contributed by atoms with van der Waals surface area (Å²) in [5.41, 5.74) is 1.25. The fraction of sp³-hybridized carbons (Fsp3) is 0.579. The molecule has 1 aromatic rings. The Kier molecular flexibility index (Phi) is 4.73. The molecule has 3 fully saturated rings. The molecule has 0 bridgehead atoms. The normalized spacial score (nSPS) is 20.5. The third kappa shape index (κ3) is 3.55.